The Morgan fingerprint density at radius 1 is 0.447 bits per heavy atom. The third kappa shape index (κ3) is 25.0. The quantitative estimate of drug-likeness (QED) is 0.103. The highest BCUT2D eigenvalue weighted by Gasteiger charge is 2.02. The van der Waals surface area contributed by atoms with Gasteiger partial charge in [-0.15, -0.1) is 0 Å². The number of hydrogen-bond donors (Lipinski definition) is 1. The summed E-state index contributed by atoms with van der Waals surface area (Å²) < 4.78 is 0. The molecule has 1 N–H and O–H groups in total. The van der Waals surface area contributed by atoms with Crippen LogP contribution in [0.1, 0.15) is 187 Å². The van der Waals surface area contributed by atoms with E-state index in [1.54, 1.807) is 0 Å². The van der Waals surface area contributed by atoms with Crippen molar-refractivity contribution in [2.45, 2.75) is 187 Å². The maximum atomic E-state index is 11.9. The molecule has 1 aromatic carbocycles. The van der Waals surface area contributed by atoms with Crippen molar-refractivity contribution in [1.29, 1.82) is 0 Å². The fourth-order valence-electron chi connectivity index (χ4n) is 5.52. The molecule has 0 aliphatic heterocycles. The number of hydrogen-bond acceptors (Lipinski definition) is 1. The molecule has 0 atom stereocenters. The highest BCUT2D eigenvalue weighted by atomic mass is 16.1. The lowest BCUT2D eigenvalue weighted by Crippen LogP contribution is -2.10. The summed E-state index contributed by atoms with van der Waals surface area (Å²) in [7, 11) is 0. The van der Waals surface area contributed by atoms with Gasteiger partial charge in [-0.2, -0.15) is 0 Å². The zero-order chi connectivity index (χ0) is 27.2. The smallest absolute Gasteiger partial charge is 0.224 e. The first kappa shape index (κ1) is 34.7. The molecular weight excluding hydrogens is 462 g/mol. The highest BCUT2D eigenvalue weighted by Crippen LogP contribution is 2.16. The summed E-state index contributed by atoms with van der Waals surface area (Å²) in [5, 5.41) is 2.97. The Kier molecular flexibility index (Phi) is 26.2. The Balaban J connectivity index is 1.66. The van der Waals surface area contributed by atoms with Crippen molar-refractivity contribution in [2.24, 2.45) is 0 Å². The Morgan fingerprint density at radius 2 is 0.737 bits per heavy atom. The zero-order valence-corrected chi connectivity index (χ0v) is 25.6. The molecule has 2 nitrogen and oxygen atoms in total. The number of anilines is 1. The lowest BCUT2D eigenvalue weighted by molar-refractivity contribution is -0.116. The van der Waals surface area contributed by atoms with E-state index in [-0.39, 0.29) is 5.91 Å². The van der Waals surface area contributed by atoms with E-state index in [0.29, 0.717) is 6.42 Å². The molecule has 0 spiro atoms. The van der Waals surface area contributed by atoms with Gasteiger partial charge in [0, 0.05) is 12.1 Å². The number of benzene rings is 1. The van der Waals surface area contributed by atoms with Gasteiger partial charge in [0.25, 0.3) is 0 Å². The maximum Gasteiger partial charge on any atom is 0.224 e. The molecule has 38 heavy (non-hydrogen) atoms. The van der Waals surface area contributed by atoms with Crippen LogP contribution in [0.4, 0.5) is 5.69 Å². The number of para-hydroxylation sites is 1. The summed E-state index contributed by atoms with van der Waals surface area (Å²) in [5.74, 6) is 0.149. The summed E-state index contributed by atoms with van der Waals surface area (Å²) >= 11 is 0. The molecular formula is C36H65NO. The van der Waals surface area contributed by atoms with E-state index in [9.17, 15) is 4.79 Å². The van der Waals surface area contributed by atoms with Crippen molar-refractivity contribution in [2.75, 3.05) is 5.32 Å². The SMILES string of the molecule is CCCCCCCCCCCCCCCCCCCCCCCCCCCCCC(=O)Nc1ccccc1. The van der Waals surface area contributed by atoms with Crippen molar-refractivity contribution < 1.29 is 4.79 Å². The molecule has 0 saturated carbocycles. The average Bonchev–Trinajstić information content (AvgIpc) is 2.93. The van der Waals surface area contributed by atoms with Crippen LogP contribution in [0.3, 0.4) is 0 Å². The third-order valence-electron chi connectivity index (χ3n) is 8.06. The van der Waals surface area contributed by atoms with Crippen LogP contribution in [0.5, 0.6) is 0 Å². The van der Waals surface area contributed by atoms with E-state index in [1.165, 1.54) is 167 Å². The van der Waals surface area contributed by atoms with E-state index in [2.05, 4.69) is 12.2 Å². The number of rotatable bonds is 29. The molecule has 0 aliphatic carbocycles. The Bertz CT molecular complexity index is 599. The normalized spacial score (nSPS) is 11.2. The zero-order valence-electron chi connectivity index (χ0n) is 25.6. The Morgan fingerprint density at radius 3 is 1.05 bits per heavy atom. The van der Waals surface area contributed by atoms with Crippen molar-refractivity contribution in [3.63, 3.8) is 0 Å². The van der Waals surface area contributed by atoms with E-state index in [0.717, 1.165) is 12.1 Å². The van der Waals surface area contributed by atoms with Crippen LogP contribution in [-0.2, 0) is 4.79 Å². The van der Waals surface area contributed by atoms with Gasteiger partial charge in [0.05, 0.1) is 0 Å². The second-order valence-electron chi connectivity index (χ2n) is 11.9. The third-order valence-corrected chi connectivity index (χ3v) is 8.06. The van der Waals surface area contributed by atoms with Gasteiger partial charge in [0.2, 0.25) is 5.91 Å². The minimum Gasteiger partial charge on any atom is -0.326 e. The van der Waals surface area contributed by atoms with Crippen LogP contribution >= 0.6 is 0 Å². The largest absolute Gasteiger partial charge is 0.326 e. The van der Waals surface area contributed by atoms with E-state index in [4.69, 9.17) is 0 Å². The van der Waals surface area contributed by atoms with E-state index in [1.807, 2.05) is 30.3 Å². The number of carbonyl (C=O) groups excluding carboxylic acids is 1. The van der Waals surface area contributed by atoms with Gasteiger partial charge >= 0.3 is 0 Å². The minimum absolute atomic E-state index is 0.149. The second kappa shape index (κ2) is 28.7. The molecule has 0 aromatic heterocycles. The number of nitrogens with one attached hydrogen (secondary N) is 1. The topological polar surface area (TPSA) is 29.1 Å². The van der Waals surface area contributed by atoms with Crippen LogP contribution in [0, 0.1) is 0 Å². The minimum atomic E-state index is 0.149. The van der Waals surface area contributed by atoms with Crippen LogP contribution in [-0.4, -0.2) is 5.91 Å². The van der Waals surface area contributed by atoms with Crippen molar-refractivity contribution in [3.8, 4) is 0 Å². The molecule has 1 aromatic rings. The molecule has 1 rings (SSSR count). The summed E-state index contributed by atoms with van der Waals surface area (Å²) in [6.07, 6.45) is 38.8. The molecule has 0 radical (unpaired) electrons. The number of amides is 1. The molecule has 0 unspecified atom stereocenters. The summed E-state index contributed by atoms with van der Waals surface area (Å²) in [5.41, 5.74) is 0.905. The molecule has 0 fully saturated rings. The molecule has 220 valence electrons. The summed E-state index contributed by atoms with van der Waals surface area (Å²) in [6.45, 7) is 2.30. The number of carbonyl (C=O) groups is 1. The standard InChI is InChI=1S/C36H65NO/c1-2-3-4-5-6-7-8-9-10-11-12-13-14-15-16-17-18-19-20-21-22-23-24-25-26-27-31-34-36(38)37-35-32-29-28-30-33-35/h28-30,32-33H,2-27,31,34H2,1H3,(H,37,38). The first-order valence-electron chi connectivity index (χ1n) is 17.2. The van der Waals surface area contributed by atoms with Crippen molar-refractivity contribution in [1.82, 2.24) is 0 Å². The molecule has 0 aliphatic rings. The fraction of sp³-hybridized carbons (Fsp3) is 0.806. The first-order valence-corrected chi connectivity index (χ1v) is 17.2. The summed E-state index contributed by atoms with van der Waals surface area (Å²) in [6, 6.07) is 9.77. The van der Waals surface area contributed by atoms with Crippen LogP contribution in [0.25, 0.3) is 0 Å². The van der Waals surface area contributed by atoms with Gasteiger partial charge in [0.15, 0.2) is 0 Å². The second-order valence-corrected chi connectivity index (χ2v) is 11.9. The summed E-state index contributed by atoms with van der Waals surface area (Å²) in [4.78, 5) is 11.9. The lowest BCUT2D eigenvalue weighted by atomic mass is 10.0. The predicted octanol–water partition coefficient (Wildman–Crippen LogP) is 12.6. The molecule has 0 bridgehead atoms. The van der Waals surface area contributed by atoms with E-state index < -0.39 is 0 Å². The average molecular weight is 528 g/mol. The Hall–Kier alpha value is -1.31. The van der Waals surface area contributed by atoms with E-state index >= 15 is 0 Å². The fourth-order valence-corrected chi connectivity index (χ4v) is 5.52. The molecule has 0 heterocycles. The van der Waals surface area contributed by atoms with Crippen LogP contribution < -0.4 is 5.32 Å². The predicted molar refractivity (Wildman–Crippen MR) is 170 cm³/mol. The van der Waals surface area contributed by atoms with Gasteiger partial charge in [-0.1, -0.05) is 192 Å². The highest BCUT2D eigenvalue weighted by molar-refractivity contribution is 5.90. The van der Waals surface area contributed by atoms with Crippen molar-refractivity contribution >= 4 is 11.6 Å². The van der Waals surface area contributed by atoms with Gasteiger partial charge in [0.1, 0.15) is 0 Å². The number of unbranched alkanes of at least 4 members (excludes halogenated alkanes) is 26. The van der Waals surface area contributed by atoms with Gasteiger partial charge in [-0.05, 0) is 18.6 Å². The van der Waals surface area contributed by atoms with Crippen LogP contribution in [0.15, 0.2) is 30.3 Å². The van der Waals surface area contributed by atoms with Crippen LogP contribution in [0.2, 0.25) is 0 Å². The molecule has 0 saturated heterocycles. The Labute approximate surface area is 238 Å². The maximum absolute atomic E-state index is 11.9. The van der Waals surface area contributed by atoms with Gasteiger partial charge in [-0.3, -0.25) is 4.79 Å². The van der Waals surface area contributed by atoms with Crippen molar-refractivity contribution in [3.05, 3.63) is 30.3 Å². The van der Waals surface area contributed by atoms with Gasteiger partial charge < -0.3 is 5.32 Å². The molecule has 1 amide bonds. The lowest BCUT2D eigenvalue weighted by Gasteiger charge is -2.05. The monoisotopic (exact) mass is 528 g/mol. The van der Waals surface area contributed by atoms with Gasteiger partial charge in [-0.25, -0.2) is 0 Å². The molecule has 2 heteroatoms. The first-order chi connectivity index (χ1) is 18.8.